The highest BCUT2D eigenvalue weighted by Crippen LogP contribution is 2.27. The summed E-state index contributed by atoms with van der Waals surface area (Å²) in [6.07, 6.45) is 0. The highest BCUT2D eigenvalue weighted by atomic mass is 32.2. The number of nitriles is 1. The number of nitrogens with one attached hydrogen (secondary N) is 1. The number of sulfonamides is 1. The molecule has 1 heterocycles. The highest BCUT2D eigenvalue weighted by molar-refractivity contribution is 7.89. The van der Waals surface area contributed by atoms with Gasteiger partial charge in [-0.15, -0.1) is 0 Å². The lowest BCUT2D eigenvalue weighted by atomic mass is 10.0. The van der Waals surface area contributed by atoms with Gasteiger partial charge in [0.25, 0.3) is 0 Å². The summed E-state index contributed by atoms with van der Waals surface area (Å²) in [6.45, 7) is 1.28. The molecule has 0 spiro atoms. The quantitative estimate of drug-likeness (QED) is 0.545. The van der Waals surface area contributed by atoms with Crippen molar-refractivity contribution in [1.82, 2.24) is 9.21 Å². The number of piperazine rings is 1. The van der Waals surface area contributed by atoms with Gasteiger partial charge in [-0.3, -0.25) is 9.69 Å². The summed E-state index contributed by atoms with van der Waals surface area (Å²) in [6, 6.07) is 23.9. The van der Waals surface area contributed by atoms with Gasteiger partial charge < -0.3 is 10.1 Å². The van der Waals surface area contributed by atoms with Crippen LogP contribution in [0.15, 0.2) is 83.8 Å². The molecular formula is C26H26N4O4S. The number of ether oxygens (including phenoxy) is 1. The lowest BCUT2D eigenvalue weighted by Crippen LogP contribution is -2.51. The van der Waals surface area contributed by atoms with Crippen molar-refractivity contribution >= 4 is 21.6 Å². The van der Waals surface area contributed by atoms with Gasteiger partial charge >= 0.3 is 0 Å². The Kier molecular flexibility index (Phi) is 7.46. The molecule has 3 aromatic carbocycles. The molecule has 0 radical (unpaired) electrons. The van der Waals surface area contributed by atoms with E-state index < -0.39 is 16.1 Å². The standard InChI is InChI=1S/C26H26N4O4S/c1-34-23-9-5-8-22(18-23)28-26(31)25(21-6-3-2-4-7-21)29-14-16-30(17-15-29)35(32,33)24-12-10-20(19-27)11-13-24/h2-13,18,25H,14-17H2,1H3,(H,28,31)/t25-/m0/s1. The Morgan fingerprint density at radius 3 is 2.29 bits per heavy atom. The lowest BCUT2D eigenvalue weighted by molar-refractivity contribution is -0.122. The third-order valence-corrected chi connectivity index (χ3v) is 7.87. The largest absolute Gasteiger partial charge is 0.497 e. The van der Waals surface area contributed by atoms with Crippen LogP contribution in [-0.4, -0.2) is 56.8 Å². The van der Waals surface area contributed by atoms with E-state index in [0.29, 0.717) is 30.1 Å². The first-order valence-electron chi connectivity index (χ1n) is 11.2. The van der Waals surface area contributed by atoms with Crippen LogP contribution in [0.3, 0.4) is 0 Å². The van der Waals surface area contributed by atoms with Gasteiger partial charge in [0.2, 0.25) is 15.9 Å². The Labute approximate surface area is 205 Å². The van der Waals surface area contributed by atoms with E-state index in [1.807, 2.05) is 41.3 Å². The average Bonchev–Trinajstić information content (AvgIpc) is 2.90. The topological polar surface area (TPSA) is 103 Å². The van der Waals surface area contributed by atoms with E-state index in [2.05, 4.69) is 5.32 Å². The van der Waals surface area contributed by atoms with Gasteiger partial charge in [-0.1, -0.05) is 36.4 Å². The molecule has 0 unspecified atom stereocenters. The summed E-state index contributed by atoms with van der Waals surface area (Å²) in [5, 5.41) is 11.9. The maximum absolute atomic E-state index is 13.4. The van der Waals surface area contributed by atoms with Gasteiger partial charge in [-0.2, -0.15) is 9.57 Å². The molecule has 1 N–H and O–H groups in total. The summed E-state index contributed by atoms with van der Waals surface area (Å²) in [4.78, 5) is 15.6. The molecule has 8 nitrogen and oxygen atoms in total. The number of methoxy groups -OCH3 is 1. The number of carbonyl (C=O) groups excluding carboxylic acids is 1. The van der Waals surface area contributed by atoms with Crippen molar-refractivity contribution in [3.8, 4) is 11.8 Å². The normalized spacial score (nSPS) is 15.7. The minimum atomic E-state index is -3.69. The van der Waals surface area contributed by atoms with Gasteiger partial charge in [0, 0.05) is 37.9 Å². The van der Waals surface area contributed by atoms with Crippen molar-refractivity contribution in [3.63, 3.8) is 0 Å². The summed E-state index contributed by atoms with van der Waals surface area (Å²) in [5.74, 6) is 0.438. The third kappa shape index (κ3) is 5.52. The first kappa shape index (κ1) is 24.4. The van der Waals surface area contributed by atoms with Crippen LogP contribution in [0.1, 0.15) is 17.2 Å². The van der Waals surface area contributed by atoms with Gasteiger partial charge in [0.05, 0.1) is 23.6 Å². The Bertz CT molecular complexity index is 1310. The first-order valence-corrected chi connectivity index (χ1v) is 12.6. The second-order valence-corrected chi connectivity index (χ2v) is 10.0. The summed E-state index contributed by atoms with van der Waals surface area (Å²) in [7, 11) is -2.13. The van der Waals surface area contributed by atoms with Gasteiger partial charge in [-0.05, 0) is 42.0 Å². The molecular weight excluding hydrogens is 464 g/mol. The molecule has 1 amide bonds. The smallest absolute Gasteiger partial charge is 0.246 e. The van der Waals surface area contributed by atoms with E-state index in [0.717, 1.165) is 5.56 Å². The molecule has 35 heavy (non-hydrogen) atoms. The van der Waals surface area contributed by atoms with E-state index in [9.17, 15) is 13.2 Å². The van der Waals surface area contributed by atoms with E-state index in [1.54, 1.807) is 31.4 Å². The fourth-order valence-corrected chi connectivity index (χ4v) is 5.55. The van der Waals surface area contributed by atoms with Crippen molar-refractivity contribution in [2.24, 2.45) is 0 Å². The van der Waals surface area contributed by atoms with Gasteiger partial charge in [0.1, 0.15) is 11.8 Å². The average molecular weight is 491 g/mol. The SMILES string of the molecule is COc1cccc(NC(=O)[C@H](c2ccccc2)N2CCN(S(=O)(=O)c3ccc(C#N)cc3)CC2)c1. The van der Waals surface area contributed by atoms with Crippen molar-refractivity contribution in [3.05, 3.63) is 90.0 Å². The molecule has 4 rings (SSSR count). The van der Waals surface area contributed by atoms with E-state index in [1.165, 1.54) is 28.6 Å². The molecule has 9 heteroatoms. The van der Waals surface area contributed by atoms with Crippen LogP contribution >= 0.6 is 0 Å². The van der Waals surface area contributed by atoms with E-state index in [4.69, 9.17) is 10.00 Å². The number of hydrogen-bond acceptors (Lipinski definition) is 6. The zero-order valence-electron chi connectivity index (χ0n) is 19.3. The molecule has 1 aliphatic rings. The number of benzene rings is 3. The molecule has 0 aromatic heterocycles. The number of rotatable bonds is 7. The molecule has 1 atom stereocenters. The fourth-order valence-electron chi connectivity index (χ4n) is 4.13. The molecule has 0 aliphatic carbocycles. The number of anilines is 1. The molecule has 0 saturated carbocycles. The van der Waals surface area contributed by atoms with Crippen molar-refractivity contribution in [1.29, 1.82) is 5.26 Å². The van der Waals surface area contributed by atoms with Crippen LogP contribution in [0.5, 0.6) is 5.75 Å². The second kappa shape index (κ2) is 10.7. The van der Waals surface area contributed by atoms with Crippen LogP contribution in [0.2, 0.25) is 0 Å². The molecule has 0 bridgehead atoms. The fraction of sp³-hybridized carbons (Fsp3) is 0.231. The Balaban J connectivity index is 1.51. The molecule has 180 valence electrons. The monoisotopic (exact) mass is 490 g/mol. The molecule has 1 saturated heterocycles. The number of amides is 1. The maximum Gasteiger partial charge on any atom is 0.246 e. The second-order valence-electron chi connectivity index (χ2n) is 8.11. The summed E-state index contributed by atoms with van der Waals surface area (Å²) in [5.41, 5.74) is 1.86. The molecule has 1 aliphatic heterocycles. The Hall–Kier alpha value is -3.71. The van der Waals surface area contributed by atoms with Crippen LogP contribution in [0, 0.1) is 11.3 Å². The number of carbonyl (C=O) groups is 1. The van der Waals surface area contributed by atoms with E-state index in [-0.39, 0.29) is 23.9 Å². The number of hydrogen-bond donors (Lipinski definition) is 1. The van der Waals surface area contributed by atoms with Crippen LogP contribution in [0.25, 0.3) is 0 Å². The highest BCUT2D eigenvalue weighted by Gasteiger charge is 2.34. The third-order valence-electron chi connectivity index (χ3n) is 5.96. The minimum Gasteiger partial charge on any atom is -0.497 e. The van der Waals surface area contributed by atoms with Crippen LogP contribution in [0.4, 0.5) is 5.69 Å². The van der Waals surface area contributed by atoms with Crippen molar-refractivity contribution in [2.75, 3.05) is 38.6 Å². The zero-order valence-corrected chi connectivity index (χ0v) is 20.1. The van der Waals surface area contributed by atoms with Crippen LogP contribution in [-0.2, 0) is 14.8 Å². The Morgan fingerprint density at radius 1 is 0.971 bits per heavy atom. The molecule has 3 aromatic rings. The van der Waals surface area contributed by atoms with E-state index >= 15 is 0 Å². The summed E-state index contributed by atoms with van der Waals surface area (Å²) >= 11 is 0. The Morgan fingerprint density at radius 2 is 1.66 bits per heavy atom. The lowest BCUT2D eigenvalue weighted by Gasteiger charge is -2.38. The van der Waals surface area contributed by atoms with Gasteiger partial charge in [-0.25, -0.2) is 8.42 Å². The predicted octanol–water partition coefficient (Wildman–Crippen LogP) is 3.25. The maximum atomic E-state index is 13.4. The van der Waals surface area contributed by atoms with Crippen molar-refractivity contribution < 1.29 is 17.9 Å². The summed E-state index contributed by atoms with van der Waals surface area (Å²) < 4.78 is 32.9. The van der Waals surface area contributed by atoms with Crippen LogP contribution < -0.4 is 10.1 Å². The van der Waals surface area contributed by atoms with Crippen molar-refractivity contribution in [2.45, 2.75) is 10.9 Å². The number of nitrogens with zero attached hydrogens (tertiary/aromatic N) is 3. The molecule has 1 fully saturated rings. The predicted molar refractivity (Wildman–Crippen MR) is 132 cm³/mol. The zero-order chi connectivity index (χ0) is 24.8. The first-order chi connectivity index (χ1) is 16.9. The minimum absolute atomic E-state index is 0.153. The van der Waals surface area contributed by atoms with Gasteiger partial charge in [0.15, 0.2) is 0 Å².